The lowest BCUT2D eigenvalue weighted by atomic mass is 10.0. The SMILES string of the molecule is CS(=O)(=O)N[C@@H]1CCN[C@@H]1Cc1cccc(-c2cccc(F)c2)n1.Cl.Cl. The van der Waals surface area contributed by atoms with Crippen molar-refractivity contribution in [3.05, 3.63) is 54.0 Å². The number of halogens is 3. The van der Waals surface area contributed by atoms with Crippen LogP contribution in [0.4, 0.5) is 4.39 Å². The average Bonchev–Trinajstić information content (AvgIpc) is 2.92. The number of hydrogen-bond acceptors (Lipinski definition) is 4. The normalized spacial score (nSPS) is 19.5. The number of nitrogens with one attached hydrogen (secondary N) is 2. The largest absolute Gasteiger partial charge is 0.312 e. The standard InChI is InChI=1S/C17H20FN3O2S.2ClH/c1-24(22,23)21-16-8-9-19-17(16)11-14-6-3-7-15(20-14)12-4-2-5-13(18)10-12;;/h2-7,10,16-17,19,21H,8-9,11H2,1H3;2*1H/t16-,17-;;/m1../s1. The molecule has 0 amide bonds. The molecule has 1 aromatic heterocycles. The zero-order chi connectivity index (χ0) is 17.2. The monoisotopic (exact) mass is 421 g/mol. The summed E-state index contributed by atoms with van der Waals surface area (Å²) in [4.78, 5) is 4.59. The van der Waals surface area contributed by atoms with Gasteiger partial charge in [-0.1, -0.05) is 18.2 Å². The number of rotatable bonds is 5. The fraction of sp³-hybridized carbons (Fsp3) is 0.353. The van der Waals surface area contributed by atoms with E-state index >= 15 is 0 Å². The van der Waals surface area contributed by atoms with Crippen LogP contribution in [0, 0.1) is 5.82 Å². The Morgan fingerprint density at radius 3 is 2.65 bits per heavy atom. The molecule has 1 aliphatic rings. The second-order valence-electron chi connectivity index (χ2n) is 6.07. The van der Waals surface area contributed by atoms with Gasteiger partial charge in [0.1, 0.15) is 5.82 Å². The molecule has 1 saturated heterocycles. The summed E-state index contributed by atoms with van der Waals surface area (Å²) in [6, 6.07) is 11.8. The summed E-state index contributed by atoms with van der Waals surface area (Å²) in [5, 5.41) is 3.32. The summed E-state index contributed by atoms with van der Waals surface area (Å²) >= 11 is 0. The van der Waals surface area contributed by atoms with Crippen LogP contribution in [0.2, 0.25) is 0 Å². The molecule has 144 valence electrons. The van der Waals surface area contributed by atoms with Gasteiger partial charge in [0.2, 0.25) is 10.0 Å². The second kappa shape index (κ2) is 9.62. The van der Waals surface area contributed by atoms with Crippen molar-refractivity contribution in [3.8, 4) is 11.3 Å². The highest BCUT2D eigenvalue weighted by molar-refractivity contribution is 7.88. The topological polar surface area (TPSA) is 71.1 Å². The molecule has 1 aromatic carbocycles. The maximum Gasteiger partial charge on any atom is 0.209 e. The van der Waals surface area contributed by atoms with Gasteiger partial charge in [0.15, 0.2) is 0 Å². The molecule has 0 bridgehead atoms. The second-order valence-corrected chi connectivity index (χ2v) is 7.85. The molecule has 0 radical (unpaired) electrons. The van der Waals surface area contributed by atoms with Crippen molar-refractivity contribution in [1.82, 2.24) is 15.0 Å². The van der Waals surface area contributed by atoms with Gasteiger partial charge in [-0.3, -0.25) is 4.98 Å². The van der Waals surface area contributed by atoms with Gasteiger partial charge in [-0.25, -0.2) is 17.5 Å². The van der Waals surface area contributed by atoms with E-state index in [2.05, 4.69) is 15.0 Å². The van der Waals surface area contributed by atoms with Crippen LogP contribution in [0.5, 0.6) is 0 Å². The Morgan fingerprint density at radius 2 is 1.96 bits per heavy atom. The first-order chi connectivity index (χ1) is 11.4. The van der Waals surface area contributed by atoms with E-state index < -0.39 is 10.0 Å². The predicted octanol–water partition coefficient (Wildman–Crippen LogP) is 2.55. The minimum atomic E-state index is -3.24. The van der Waals surface area contributed by atoms with E-state index in [-0.39, 0.29) is 42.7 Å². The highest BCUT2D eigenvalue weighted by Gasteiger charge is 2.29. The number of nitrogens with zero attached hydrogens (tertiary/aromatic N) is 1. The number of hydrogen-bond donors (Lipinski definition) is 2. The van der Waals surface area contributed by atoms with Gasteiger partial charge < -0.3 is 5.32 Å². The number of sulfonamides is 1. The van der Waals surface area contributed by atoms with E-state index in [1.807, 2.05) is 24.3 Å². The number of benzene rings is 1. The van der Waals surface area contributed by atoms with Gasteiger partial charge in [0.05, 0.1) is 11.9 Å². The number of aromatic nitrogens is 1. The van der Waals surface area contributed by atoms with E-state index in [4.69, 9.17) is 0 Å². The molecule has 2 aromatic rings. The molecule has 1 aliphatic heterocycles. The van der Waals surface area contributed by atoms with Crippen molar-refractivity contribution in [2.45, 2.75) is 24.9 Å². The van der Waals surface area contributed by atoms with Crippen LogP contribution in [-0.4, -0.2) is 38.3 Å². The Hall–Kier alpha value is -1.25. The quantitative estimate of drug-likeness (QED) is 0.777. The zero-order valence-corrected chi connectivity index (χ0v) is 16.6. The third kappa shape index (κ3) is 6.17. The molecule has 0 unspecified atom stereocenters. The molecule has 9 heteroatoms. The van der Waals surface area contributed by atoms with Crippen molar-refractivity contribution in [2.24, 2.45) is 0 Å². The van der Waals surface area contributed by atoms with Crippen LogP contribution < -0.4 is 10.0 Å². The Bertz CT molecular complexity index is 836. The lowest BCUT2D eigenvalue weighted by Gasteiger charge is -2.19. The predicted molar refractivity (Wildman–Crippen MR) is 106 cm³/mol. The van der Waals surface area contributed by atoms with Crippen LogP contribution in [0.1, 0.15) is 12.1 Å². The fourth-order valence-corrected chi connectivity index (χ4v) is 3.86. The first-order valence-electron chi connectivity index (χ1n) is 7.83. The summed E-state index contributed by atoms with van der Waals surface area (Å²) in [5.41, 5.74) is 2.27. The summed E-state index contributed by atoms with van der Waals surface area (Å²) in [6.45, 7) is 0.765. The first-order valence-corrected chi connectivity index (χ1v) is 9.72. The Morgan fingerprint density at radius 1 is 1.23 bits per heavy atom. The lowest BCUT2D eigenvalue weighted by Crippen LogP contribution is -2.44. The Kier molecular flexibility index (Phi) is 8.43. The average molecular weight is 422 g/mol. The van der Waals surface area contributed by atoms with Crippen molar-refractivity contribution < 1.29 is 12.8 Å². The van der Waals surface area contributed by atoms with Gasteiger partial charge in [-0.2, -0.15) is 0 Å². The zero-order valence-electron chi connectivity index (χ0n) is 14.2. The van der Waals surface area contributed by atoms with Crippen molar-refractivity contribution in [2.75, 3.05) is 12.8 Å². The van der Waals surface area contributed by atoms with Crippen LogP contribution in [0.3, 0.4) is 0 Å². The van der Waals surface area contributed by atoms with Gasteiger partial charge in [0.25, 0.3) is 0 Å². The van der Waals surface area contributed by atoms with E-state index in [0.717, 1.165) is 24.2 Å². The molecule has 2 N–H and O–H groups in total. The first kappa shape index (κ1) is 22.8. The third-order valence-electron chi connectivity index (χ3n) is 4.07. The minimum absolute atomic E-state index is 0. The maximum atomic E-state index is 13.4. The van der Waals surface area contributed by atoms with Crippen LogP contribution >= 0.6 is 24.8 Å². The van der Waals surface area contributed by atoms with E-state index in [9.17, 15) is 12.8 Å². The maximum absolute atomic E-state index is 13.4. The molecular weight excluding hydrogens is 400 g/mol. The van der Waals surface area contributed by atoms with Gasteiger partial charge >= 0.3 is 0 Å². The Balaban J connectivity index is 0.00000169. The smallest absolute Gasteiger partial charge is 0.209 e. The fourth-order valence-electron chi connectivity index (χ4n) is 3.03. The third-order valence-corrected chi connectivity index (χ3v) is 4.80. The molecule has 0 saturated carbocycles. The summed E-state index contributed by atoms with van der Waals surface area (Å²) in [6.07, 6.45) is 2.53. The van der Waals surface area contributed by atoms with Crippen molar-refractivity contribution >= 4 is 34.8 Å². The van der Waals surface area contributed by atoms with E-state index in [0.29, 0.717) is 12.1 Å². The summed E-state index contributed by atoms with van der Waals surface area (Å²) in [7, 11) is -3.24. The summed E-state index contributed by atoms with van der Waals surface area (Å²) < 4.78 is 39.0. The van der Waals surface area contributed by atoms with Crippen LogP contribution in [0.25, 0.3) is 11.3 Å². The highest BCUT2D eigenvalue weighted by Crippen LogP contribution is 2.20. The lowest BCUT2D eigenvalue weighted by molar-refractivity contribution is 0.491. The van der Waals surface area contributed by atoms with E-state index in [1.165, 1.54) is 18.4 Å². The minimum Gasteiger partial charge on any atom is -0.312 e. The molecule has 2 heterocycles. The van der Waals surface area contributed by atoms with Crippen LogP contribution in [-0.2, 0) is 16.4 Å². The molecule has 26 heavy (non-hydrogen) atoms. The molecule has 0 aliphatic carbocycles. The molecule has 2 atom stereocenters. The number of pyridine rings is 1. The highest BCUT2D eigenvalue weighted by atomic mass is 35.5. The molecule has 5 nitrogen and oxygen atoms in total. The van der Waals surface area contributed by atoms with Crippen LogP contribution in [0.15, 0.2) is 42.5 Å². The van der Waals surface area contributed by atoms with Crippen molar-refractivity contribution in [1.29, 1.82) is 0 Å². The van der Waals surface area contributed by atoms with Gasteiger partial charge in [0, 0.05) is 29.8 Å². The molecule has 0 spiro atoms. The Labute approximate surface area is 165 Å². The van der Waals surface area contributed by atoms with Gasteiger partial charge in [-0.05, 0) is 37.2 Å². The molecule has 1 fully saturated rings. The van der Waals surface area contributed by atoms with Gasteiger partial charge in [-0.15, -0.1) is 24.8 Å². The summed E-state index contributed by atoms with van der Waals surface area (Å²) in [5.74, 6) is -0.297. The molecule has 3 rings (SSSR count). The van der Waals surface area contributed by atoms with Crippen molar-refractivity contribution in [3.63, 3.8) is 0 Å². The van der Waals surface area contributed by atoms with E-state index in [1.54, 1.807) is 6.07 Å². The molecular formula is C17H22Cl2FN3O2S.